The highest BCUT2D eigenvalue weighted by Crippen LogP contribution is 2.43. The van der Waals surface area contributed by atoms with Crippen LogP contribution in [0, 0.1) is 6.92 Å². The summed E-state index contributed by atoms with van der Waals surface area (Å²) in [6.07, 6.45) is 2.51. The van der Waals surface area contributed by atoms with Crippen LogP contribution in [0.2, 0.25) is 0 Å². The van der Waals surface area contributed by atoms with Gasteiger partial charge in [-0.3, -0.25) is 4.79 Å². The Balaban J connectivity index is 1.92. The van der Waals surface area contributed by atoms with Gasteiger partial charge in [0.15, 0.2) is 0 Å². The van der Waals surface area contributed by atoms with Crippen LogP contribution < -0.4 is 4.74 Å². The lowest BCUT2D eigenvalue weighted by molar-refractivity contribution is -0.136. The first kappa shape index (κ1) is 16.8. The molecule has 0 spiro atoms. The fourth-order valence-electron chi connectivity index (χ4n) is 4.27. The largest absolute Gasteiger partial charge is 0.492 e. The topological polar surface area (TPSA) is 57.8 Å². The quantitative estimate of drug-likeness (QED) is 0.490. The average Bonchev–Trinajstić information content (AvgIpc) is 2.70. The summed E-state index contributed by atoms with van der Waals surface area (Å²) >= 11 is 0. The molecule has 1 N–H and O–H groups in total. The van der Waals surface area contributed by atoms with Crippen LogP contribution in [0.15, 0.2) is 59.2 Å². The second kappa shape index (κ2) is 6.34. The summed E-state index contributed by atoms with van der Waals surface area (Å²) in [5, 5.41) is 12.6. The van der Waals surface area contributed by atoms with Crippen molar-refractivity contribution in [1.82, 2.24) is 0 Å². The Labute approximate surface area is 162 Å². The minimum atomic E-state index is -0.845. The Kier molecular flexibility index (Phi) is 3.79. The van der Waals surface area contributed by atoms with Crippen molar-refractivity contribution < 1.29 is 19.1 Å². The molecule has 0 atom stereocenters. The van der Waals surface area contributed by atoms with Gasteiger partial charge in [0.05, 0.1) is 18.6 Å². The standard InChI is InChI=1S/C24H18O4/c1-14-12-16-4-2-3-5-17(16)23(19(14)13-21(25)26)18-6-7-20-22-15(8-10-27-20)9-11-28-24(18)22/h2-7,9,11-12H,8,10,13H2,1H3/p+1. The van der Waals surface area contributed by atoms with Gasteiger partial charge >= 0.3 is 17.8 Å². The summed E-state index contributed by atoms with van der Waals surface area (Å²) in [4.78, 5) is 11.6. The predicted octanol–water partition coefficient (Wildman–Crippen LogP) is 5.40. The first-order chi connectivity index (χ1) is 13.6. The number of hydrogen-bond acceptors (Lipinski definition) is 2. The van der Waals surface area contributed by atoms with Gasteiger partial charge in [0.2, 0.25) is 0 Å². The molecule has 2 heterocycles. The molecule has 0 fully saturated rings. The van der Waals surface area contributed by atoms with Crippen LogP contribution in [-0.4, -0.2) is 17.7 Å². The van der Waals surface area contributed by atoms with E-state index in [0.29, 0.717) is 6.61 Å². The Bertz CT molecular complexity index is 1250. The molecule has 0 radical (unpaired) electrons. The van der Waals surface area contributed by atoms with Crippen LogP contribution >= 0.6 is 0 Å². The SMILES string of the molecule is Cc1cc2ccccc2c(-c2ccc3c4c(cc[o+]c24)CCO3)c1CC(=O)O. The molecule has 28 heavy (non-hydrogen) atoms. The van der Waals surface area contributed by atoms with Crippen molar-refractivity contribution in [3.63, 3.8) is 0 Å². The number of aliphatic carboxylic acids is 1. The molecule has 1 aliphatic rings. The second-order valence-electron chi connectivity index (χ2n) is 7.20. The predicted molar refractivity (Wildman–Crippen MR) is 109 cm³/mol. The van der Waals surface area contributed by atoms with E-state index in [1.54, 1.807) is 6.26 Å². The van der Waals surface area contributed by atoms with Gasteiger partial charge in [-0.25, -0.2) is 4.42 Å². The maximum atomic E-state index is 11.6. The molecule has 4 nitrogen and oxygen atoms in total. The van der Waals surface area contributed by atoms with E-state index in [2.05, 4.69) is 12.1 Å². The van der Waals surface area contributed by atoms with Gasteiger partial charge in [-0.1, -0.05) is 30.3 Å². The summed E-state index contributed by atoms with van der Waals surface area (Å²) in [6, 6.07) is 16.1. The third-order valence-electron chi connectivity index (χ3n) is 5.50. The van der Waals surface area contributed by atoms with E-state index in [1.807, 2.05) is 43.3 Å². The van der Waals surface area contributed by atoms with Crippen LogP contribution in [0.3, 0.4) is 0 Å². The van der Waals surface area contributed by atoms with E-state index >= 15 is 0 Å². The molecule has 0 aliphatic carbocycles. The summed E-state index contributed by atoms with van der Waals surface area (Å²) in [5.74, 6) is -0.0243. The molecule has 5 rings (SSSR count). The van der Waals surface area contributed by atoms with Crippen molar-refractivity contribution in [3.8, 4) is 16.9 Å². The van der Waals surface area contributed by atoms with Gasteiger partial charge < -0.3 is 9.84 Å². The summed E-state index contributed by atoms with van der Waals surface area (Å²) in [5.41, 5.74) is 5.56. The maximum absolute atomic E-state index is 11.6. The fraction of sp³-hybridized carbons (Fsp3) is 0.167. The highest BCUT2D eigenvalue weighted by atomic mass is 16.5. The Morgan fingerprint density at radius 1 is 1.18 bits per heavy atom. The molecular weight excluding hydrogens is 352 g/mol. The van der Waals surface area contributed by atoms with E-state index in [9.17, 15) is 9.90 Å². The van der Waals surface area contributed by atoms with E-state index in [-0.39, 0.29) is 6.42 Å². The molecule has 0 amide bonds. The summed E-state index contributed by atoms with van der Waals surface area (Å²) in [7, 11) is 0. The number of carboxylic acids is 1. The highest BCUT2D eigenvalue weighted by molar-refractivity contribution is 6.07. The number of ether oxygens (including phenoxy) is 1. The van der Waals surface area contributed by atoms with E-state index in [4.69, 9.17) is 9.15 Å². The Hall–Kier alpha value is -3.40. The number of aryl methyl sites for hydroxylation is 1. The monoisotopic (exact) mass is 371 g/mol. The van der Waals surface area contributed by atoms with Crippen LogP contribution in [0.5, 0.6) is 5.75 Å². The molecule has 0 bridgehead atoms. The van der Waals surface area contributed by atoms with E-state index in [1.165, 1.54) is 5.56 Å². The third-order valence-corrected chi connectivity index (χ3v) is 5.50. The molecule has 4 aromatic rings. The minimum Gasteiger partial charge on any atom is -0.492 e. The van der Waals surface area contributed by atoms with Gasteiger partial charge in [0.25, 0.3) is 0 Å². The number of carboxylic acid groups (broad SMARTS) is 1. The number of carbonyl (C=O) groups is 1. The Morgan fingerprint density at radius 3 is 2.89 bits per heavy atom. The molecule has 4 heteroatoms. The minimum absolute atomic E-state index is 0.0363. The number of benzene rings is 3. The zero-order valence-corrected chi connectivity index (χ0v) is 15.5. The molecule has 1 aromatic heterocycles. The molecule has 1 aliphatic heterocycles. The van der Waals surface area contributed by atoms with Gasteiger partial charge in [-0.15, -0.1) is 0 Å². The van der Waals surface area contributed by atoms with Crippen molar-refractivity contribution >= 4 is 27.7 Å². The van der Waals surface area contributed by atoms with E-state index < -0.39 is 5.97 Å². The third kappa shape index (κ3) is 2.53. The van der Waals surface area contributed by atoms with Crippen molar-refractivity contribution in [1.29, 1.82) is 0 Å². The Morgan fingerprint density at radius 2 is 2.04 bits per heavy atom. The normalized spacial score (nSPS) is 12.9. The molecule has 0 saturated heterocycles. The van der Waals surface area contributed by atoms with E-state index in [0.717, 1.165) is 56.2 Å². The van der Waals surface area contributed by atoms with Gasteiger partial charge in [0.1, 0.15) is 11.1 Å². The van der Waals surface area contributed by atoms with Gasteiger partial charge in [0, 0.05) is 18.1 Å². The van der Waals surface area contributed by atoms with Gasteiger partial charge in [-0.2, -0.15) is 0 Å². The summed E-state index contributed by atoms with van der Waals surface area (Å²) in [6.45, 7) is 2.63. The lowest BCUT2D eigenvalue weighted by Gasteiger charge is -2.18. The van der Waals surface area contributed by atoms with Crippen molar-refractivity contribution in [2.75, 3.05) is 6.61 Å². The number of fused-ring (bicyclic) bond motifs is 1. The first-order valence-electron chi connectivity index (χ1n) is 9.36. The summed E-state index contributed by atoms with van der Waals surface area (Å²) < 4.78 is 11.8. The van der Waals surface area contributed by atoms with Crippen molar-refractivity contribution in [3.05, 3.63) is 71.5 Å². The van der Waals surface area contributed by atoms with Crippen molar-refractivity contribution in [2.24, 2.45) is 0 Å². The molecular formula is C24H19O4+. The molecule has 138 valence electrons. The lowest BCUT2D eigenvalue weighted by atomic mass is 9.87. The lowest BCUT2D eigenvalue weighted by Crippen LogP contribution is -2.09. The molecule has 0 unspecified atom stereocenters. The first-order valence-corrected chi connectivity index (χ1v) is 9.36. The number of rotatable bonds is 3. The van der Waals surface area contributed by atoms with Crippen molar-refractivity contribution in [2.45, 2.75) is 19.8 Å². The molecule has 0 saturated carbocycles. The van der Waals surface area contributed by atoms with Gasteiger partial charge in [-0.05, 0) is 46.5 Å². The smallest absolute Gasteiger partial charge is 0.371 e. The zero-order valence-electron chi connectivity index (χ0n) is 15.5. The average molecular weight is 371 g/mol. The molecule has 3 aromatic carbocycles. The maximum Gasteiger partial charge on any atom is 0.371 e. The van der Waals surface area contributed by atoms with Crippen LogP contribution in [-0.2, 0) is 17.6 Å². The zero-order chi connectivity index (χ0) is 19.3. The number of hydrogen-bond donors (Lipinski definition) is 1. The van der Waals surface area contributed by atoms with Crippen LogP contribution in [0.4, 0.5) is 0 Å². The van der Waals surface area contributed by atoms with Crippen LogP contribution in [0.25, 0.3) is 32.9 Å². The van der Waals surface area contributed by atoms with Crippen LogP contribution in [0.1, 0.15) is 16.7 Å². The highest BCUT2D eigenvalue weighted by Gasteiger charge is 2.27. The fourth-order valence-corrected chi connectivity index (χ4v) is 4.27. The second-order valence-corrected chi connectivity index (χ2v) is 7.20.